The maximum atomic E-state index is 11.7. The number of carbonyl (C=O) groups excluding carboxylic acids is 1. The molecule has 0 aliphatic heterocycles. The van der Waals surface area contributed by atoms with Crippen molar-refractivity contribution >= 4 is 18.3 Å². The summed E-state index contributed by atoms with van der Waals surface area (Å²) in [4.78, 5) is 11.7. The zero-order chi connectivity index (χ0) is 15.7. The molecule has 1 aromatic carbocycles. The van der Waals surface area contributed by atoms with Gasteiger partial charge in [-0.1, -0.05) is 51.5 Å². The summed E-state index contributed by atoms with van der Waals surface area (Å²) in [6.45, 7) is 9.10. The molecule has 124 valence electrons. The van der Waals surface area contributed by atoms with E-state index in [-0.39, 0.29) is 29.1 Å². The lowest BCUT2D eigenvalue weighted by molar-refractivity contribution is -0.122. The molecule has 1 aliphatic rings. The molecule has 1 fully saturated rings. The summed E-state index contributed by atoms with van der Waals surface area (Å²) in [6.07, 6.45) is 3.51. The fraction of sp³-hybridized carbons (Fsp3) is 0.611. The van der Waals surface area contributed by atoms with Crippen molar-refractivity contribution in [2.24, 2.45) is 5.73 Å². The van der Waals surface area contributed by atoms with Gasteiger partial charge in [0.1, 0.15) is 0 Å². The number of benzene rings is 1. The van der Waals surface area contributed by atoms with Gasteiger partial charge in [0, 0.05) is 12.0 Å². The Hall–Kier alpha value is -1.06. The van der Waals surface area contributed by atoms with E-state index < -0.39 is 6.04 Å². The van der Waals surface area contributed by atoms with Crippen LogP contribution in [0.15, 0.2) is 24.3 Å². The number of hydrogen-bond acceptors (Lipinski definition) is 2. The molecule has 0 spiro atoms. The number of nitrogens with one attached hydrogen (secondary N) is 1. The van der Waals surface area contributed by atoms with Crippen LogP contribution in [0.5, 0.6) is 0 Å². The molecule has 1 aliphatic carbocycles. The van der Waals surface area contributed by atoms with Crippen molar-refractivity contribution in [1.82, 2.24) is 5.32 Å². The highest BCUT2D eigenvalue weighted by Crippen LogP contribution is 2.43. The minimum Gasteiger partial charge on any atom is -0.354 e. The predicted octanol–water partition coefficient (Wildman–Crippen LogP) is 3.29. The largest absolute Gasteiger partial charge is 0.354 e. The smallest absolute Gasteiger partial charge is 0.236 e. The van der Waals surface area contributed by atoms with E-state index in [1.165, 1.54) is 17.5 Å². The summed E-state index contributed by atoms with van der Waals surface area (Å²) >= 11 is 0. The number of amides is 1. The van der Waals surface area contributed by atoms with Crippen LogP contribution >= 0.6 is 12.4 Å². The second-order valence-corrected chi connectivity index (χ2v) is 7.47. The zero-order valence-corrected chi connectivity index (χ0v) is 14.9. The van der Waals surface area contributed by atoms with Crippen molar-refractivity contribution in [3.05, 3.63) is 35.4 Å². The fourth-order valence-corrected chi connectivity index (χ4v) is 2.91. The van der Waals surface area contributed by atoms with Crippen LogP contribution in [0.25, 0.3) is 0 Å². The maximum Gasteiger partial charge on any atom is 0.236 e. The lowest BCUT2D eigenvalue weighted by Gasteiger charge is -2.43. The van der Waals surface area contributed by atoms with Crippen molar-refractivity contribution in [1.29, 1.82) is 0 Å². The van der Waals surface area contributed by atoms with Crippen LogP contribution in [0.4, 0.5) is 0 Å². The Balaban J connectivity index is 0.00000242. The molecule has 1 atom stereocenters. The maximum absolute atomic E-state index is 11.7. The molecule has 22 heavy (non-hydrogen) atoms. The van der Waals surface area contributed by atoms with Crippen LogP contribution in [0, 0.1) is 0 Å². The van der Waals surface area contributed by atoms with Gasteiger partial charge in [0.2, 0.25) is 5.91 Å². The standard InChI is InChI=1S/C18H28N2O.ClH/c1-13(19)16(21)20-12-18(10-5-11-18)15-8-6-14(7-9-15)17(2,3)4;/h6-9,13H,5,10-12,19H2,1-4H3,(H,20,21);1H/t13-;/m1./s1. The molecule has 0 bridgehead atoms. The Bertz CT molecular complexity index is 499. The third-order valence-electron chi connectivity index (χ3n) is 4.69. The summed E-state index contributed by atoms with van der Waals surface area (Å²) < 4.78 is 0. The third-order valence-corrected chi connectivity index (χ3v) is 4.69. The average Bonchev–Trinajstić information content (AvgIpc) is 2.36. The summed E-state index contributed by atoms with van der Waals surface area (Å²) in [7, 11) is 0. The van der Waals surface area contributed by atoms with Crippen LogP contribution in [0.1, 0.15) is 58.1 Å². The molecule has 0 aromatic heterocycles. The number of halogens is 1. The quantitative estimate of drug-likeness (QED) is 0.893. The van der Waals surface area contributed by atoms with Gasteiger partial charge < -0.3 is 11.1 Å². The third kappa shape index (κ3) is 4.02. The normalized spacial score (nSPS) is 17.9. The minimum absolute atomic E-state index is 0. The van der Waals surface area contributed by atoms with E-state index in [4.69, 9.17) is 5.73 Å². The number of nitrogens with two attached hydrogens (primary N) is 1. The topological polar surface area (TPSA) is 55.1 Å². The first-order valence-corrected chi connectivity index (χ1v) is 7.89. The van der Waals surface area contributed by atoms with Gasteiger partial charge in [-0.15, -0.1) is 12.4 Å². The van der Waals surface area contributed by atoms with Gasteiger partial charge in [0.15, 0.2) is 0 Å². The highest BCUT2D eigenvalue weighted by atomic mass is 35.5. The van der Waals surface area contributed by atoms with E-state index in [9.17, 15) is 4.79 Å². The van der Waals surface area contributed by atoms with E-state index in [0.29, 0.717) is 6.54 Å². The summed E-state index contributed by atoms with van der Waals surface area (Å²) in [6, 6.07) is 8.48. The van der Waals surface area contributed by atoms with Gasteiger partial charge in [-0.25, -0.2) is 0 Å². The van der Waals surface area contributed by atoms with Gasteiger partial charge in [0.05, 0.1) is 6.04 Å². The van der Waals surface area contributed by atoms with Gasteiger partial charge in [-0.2, -0.15) is 0 Å². The lowest BCUT2D eigenvalue weighted by atomic mass is 9.64. The summed E-state index contributed by atoms with van der Waals surface area (Å²) in [5, 5.41) is 3.00. The Morgan fingerprint density at radius 3 is 2.18 bits per heavy atom. The minimum atomic E-state index is -0.439. The molecule has 3 N–H and O–H groups in total. The highest BCUT2D eigenvalue weighted by Gasteiger charge is 2.39. The van der Waals surface area contributed by atoms with Crippen LogP contribution in [-0.4, -0.2) is 18.5 Å². The molecule has 0 radical (unpaired) electrons. The predicted molar refractivity (Wildman–Crippen MR) is 94.6 cm³/mol. The van der Waals surface area contributed by atoms with Crippen LogP contribution in [-0.2, 0) is 15.6 Å². The Kier molecular flexibility index (Phi) is 6.05. The van der Waals surface area contributed by atoms with Crippen molar-refractivity contribution in [2.75, 3.05) is 6.54 Å². The van der Waals surface area contributed by atoms with Crippen LogP contribution < -0.4 is 11.1 Å². The van der Waals surface area contributed by atoms with Gasteiger partial charge in [-0.05, 0) is 36.3 Å². The molecule has 2 rings (SSSR count). The Labute approximate surface area is 140 Å². The number of carbonyl (C=O) groups is 1. The SMILES string of the molecule is C[C@@H](N)C(=O)NCC1(c2ccc(C(C)(C)C)cc2)CCC1.Cl. The van der Waals surface area contributed by atoms with Crippen molar-refractivity contribution in [3.63, 3.8) is 0 Å². The van der Waals surface area contributed by atoms with E-state index in [1.54, 1.807) is 6.92 Å². The molecular formula is C18H29ClN2O. The second-order valence-electron chi connectivity index (χ2n) is 7.47. The molecule has 1 aromatic rings. The Morgan fingerprint density at radius 1 is 1.27 bits per heavy atom. The Morgan fingerprint density at radius 2 is 1.82 bits per heavy atom. The highest BCUT2D eigenvalue weighted by molar-refractivity contribution is 5.85. The van der Waals surface area contributed by atoms with Gasteiger partial charge in [-0.3, -0.25) is 4.79 Å². The molecule has 0 heterocycles. The summed E-state index contributed by atoms with van der Waals surface area (Å²) in [5.74, 6) is -0.0624. The first kappa shape index (κ1) is 19.0. The number of rotatable bonds is 4. The van der Waals surface area contributed by atoms with Crippen molar-refractivity contribution < 1.29 is 4.79 Å². The molecular weight excluding hydrogens is 296 g/mol. The van der Waals surface area contributed by atoms with Gasteiger partial charge in [0.25, 0.3) is 0 Å². The first-order valence-electron chi connectivity index (χ1n) is 7.89. The number of hydrogen-bond donors (Lipinski definition) is 2. The van der Waals surface area contributed by atoms with E-state index in [1.807, 2.05) is 0 Å². The monoisotopic (exact) mass is 324 g/mol. The molecule has 1 saturated carbocycles. The van der Waals surface area contributed by atoms with Crippen LogP contribution in [0.3, 0.4) is 0 Å². The second kappa shape index (κ2) is 7.01. The van der Waals surface area contributed by atoms with E-state index in [0.717, 1.165) is 12.8 Å². The summed E-state index contributed by atoms with van der Waals surface area (Å²) in [5.41, 5.74) is 8.59. The van der Waals surface area contributed by atoms with Crippen molar-refractivity contribution in [3.8, 4) is 0 Å². The molecule has 0 unspecified atom stereocenters. The average molecular weight is 325 g/mol. The zero-order valence-electron chi connectivity index (χ0n) is 14.1. The first-order chi connectivity index (χ1) is 9.74. The molecule has 0 saturated heterocycles. The van der Waals surface area contributed by atoms with Crippen LogP contribution in [0.2, 0.25) is 0 Å². The molecule has 3 nitrogen and oxygen atoms in total. The molecule has 1 amide bonds. The lowest BCUT2D eigenvalue weighted by Crippen LogP contribution is -2.49. The van der Waals surface area contributed by atoms with Gasteiger partial charge >= 0.3 is 0 Å². The fourth-order valence-electron chi connectivity index (χ4n) is 2.91. The van der Waals surface area contributed by atoms with E-state index >= 15 is 0 Å². The van der Waals surface area contributed by atoms with E-state index in [2.05, 4.69) is 50.4 Å². The molecule has 4 heteroatoms. The van der Waals surface area contributed by atoms with Crippen molar-refractivity contribution in [2.45, 2.75) is 63.8 Å².